The third kappa shape index (κ3) is 4.05. The van der Waals surface area contributed by atoms with Gasteiger partial charge in [-0.25, -0.2) is 14.3 Å². The van der Waals surface area contributed by atoms with Gasteiger partial charge in [0, 0.05) is 6.07 Å². The first-order chi connectivity index (χ1) is 11.7. The predicted molar refractivity (Wildman–Crippen MR) is 90.2 cm³/mol. The van der Waals surface area contributed by atoms with E-state index < -0.39 is 5.97 Å². The molecule has 6 nitrogen and oxygen atoms in total. The van der Waals surface area contributed by atoms with Crippen molar-refractivity contribution < 1.29 is 14.3 Å². The van der Waals surface area contributed by atoms with Crippen LogP contribution in [0.15, 0.2) is 12.1 Å². The predicted octanol–water partition coefficient (Wildman–Crippen LogP) is 3.80. The molecule has 0 radical (unpaired) electrons. The molecule has 1 aliphatic rings. The molecule has 0 saturated heterocycles. The standard InChI is InChI=1S/C17H22ClN3O3/c1-2-23-17(22)14-10-16-19-12(9-15(18)21(16)20-14)11-24-13-7-5-3-4-6-8-13/h9-10,13H,2-8,11H2,1H3. The fraction of sp³-hybridized carbons (Fsp3) is 0.588. The molecule has 130 valence electrons. The lowest BCUT2D eigenvalue weighted by Crippen LogP contribution is -2.12. The van der Waals surface area contributed by atoms with Gasteiger partial charge in [-0.2, -0.15) is 5.10 Å². The Morgan fingerprint density at radius 1 is 1.29 bits per heavy atom. The molecule has 2 aromatic rings. The molecule has 0 bridgehead atoms. The maximum absolute atomic E-state index is 11.8. The molecule has 24 heavy (non-hydrogen) atoms. The van der Waals surface area contributed by atoms with Gasteiger partial charge in [0.25, 0.3) is 0 Å². The topological polar surface area (TPSA) is 65.7 Å². The van der Waals surface area contributed by atoms with E-state index in [-0.39, 0.29) is 5.69 Å². The second-order valence-corrected chi connectivity index (χ2v) is 6.40. The van der Waals surface area contributed by atoms with Crippen LogP contribution in [0.25, 0.3) is 5.65 Å². The van der Waals surface area contributed by atoms with E-state index in [4.69, 9.17) is 21.1 Å². The van der Waals surface area contributed by atoms with E-state index in [2.05, 4.69) is 10.1 Å². The average molecular weight is 352 g/mol. The summed E-state index contributed by atoms with van der Waals surface area (Å²) in [6.45, 7) is 2.47. The van der Waals surface area contributed by atoms with Gasteiger partial charge in [-0.3, -0.25) is 0 Å². The van der Waals surface area contributed by atoms with Crippen molar-refractivity contribution in [2.24, 2.45) is 0 Å². The number of aromatic nitrogens is 3. The highest BCUT2D eigenvalue weighted by Crippen LogP contribution is 2.21. The lowest BCUT2D eigenvalue weighted by molar-refractivity contribution is 0.0293. The molecule has 0 amide bonds. The summed E-state index contributed by atoms with van der Waals surface area (Å²) in [6.07, 6.45) is 7.55. The van der Waals surface area contributed by atoms with Crippen molar-refractivity contribution in [2.75, 3.05) is 6.61 Å². The van der Waals surface area contributed by atoms with E-state index in [1.807, 2.05) is 0 Å². The molecule has 3 rings (SSSR count). The largest absolute Gasteiger partial charge is 0.461 e. The van der Waals surface area contributed by atoms with Crippen LogP contribution in [0.1, 0.15) is 61.6 Å². The molecule has 0 aromatic carbocycles. The Balaban J connectivity index is 1.73. The first-order valence-corrected chi connectivity index (χ1v) is 8.89. The minimum atomic E-state index is -0.477. The van der Waals surface area contributed by atoms with Gasteiger partial charge < -0.3 is 9.47 Å². The molecule has 1 fully saturated rings. The van der Waals surface area contributed by atoms with Crippen LogP contribution >= 0.6 is 11.6 Å². The van der Waals surface area contributed by atoms with Gasteiger partial charge in [-0.1, -0.05) is 37.3 Å². The van der Waals surface area contributed by atoms with Gasteiger partial charge in [-0.15, -0.1) is 0 Å². The summed E-state index contributed by atoms with van der Waals surface area (Å²) in [5.41, 5.74) is 1.46. The molecule has 0 N–H and O–H groups in total. The van der Waals surface area contributed by atoms with Crippen molar-refractivity contribution >= 4 is 23.2 Å². The lowest BCUT2D eigenvalue weighted by Gasteiger charge is -2.15. The molecule has 1 aliphatic carbocycles. The van der Waals surface area contributed by atoms with Crippen molar-refractivity contribution in [2.45, 2.75) is 58.2 Å². The minimum absolute atomic E-state index is 0.202. The number of halogens is 1. The van der Waals surface area contributed by atoms with Gasteiger partial charge in [-0.05, 0) is 25.8 Å². The fourth-order valence-corrected chi connectivity index (χ4v) is 3.23. The number of carbonyl (C=O) groups excluding carboxylic acids is 1. The number of fused-ring (bicyclic) bond motifs is 1. The number of nitrogens with zero attached hydrogens (tertiary/aromatic N) is 3. The second-order valence-electron chi connectivity index (χ2n) is 6.01. The normalized spacial score (nSPS) is 16.2. The second kappa shape index (κ2) is 7.94. The van der Waals surface area contributed by atoms with Gasteiger partial charge in [0.15, 0.2) is 11.3 Å². The molecule has 2 aromatic heterocycles. The lowest BCUT2D eigenvalue weighted by atomic mass is 10.1. The Labute approximate surface area is 146 Å². The summed E-state index contributed by atoms with van der Waals surface area (Å²) in [4.78, 5) is 16.3. The smallest absolute Gasteiger partial charge is 0.358 e. The van der Waals surface area contributed by atoms with E-state index in [1.54, 1.807) is 19.1 Å². The molecule has 0 aliphatic heterocycles. The van der Waals surface area contributed by atoms with Crippen molar-refractivity contribution in [3.63, 3.8) is 0 Å². The number of rotatable bonds is 5. The number of hydrogen-bond donors (Lipinski definition) is 0. The van der Waals surface area contributed by atoms with Crippen LogP contribution in [-0.4, -0.2) is 33.3 Å². The Kier molecular flexibility index (Phi) is 5.68. The van der Waals surface area contributed by atoms with E-state index in [0.29, 0.717) is 30.1 Å². The summed E-state index contributed by atoms with van der Waals surface area (Å²) in [7, 11) is 0. The maximum atomic E-state index is 11.8. The van der Waals surface area contributed by atoms with Crippen LogP contribution in [0, 0.1) is 0 Å². The van der Waals surface area contributed by atoms with Gasteiger partial charge in [0.2, 0.25) is 0 Å². The van der Waals surface area contributed by atoms with Crippen molar-refractivity contribution in [3.05, 3.63) is 28.7 Å². The van der Waals surface area contributed by atoms with E-state index in [1.165, 1.54) is 30.2 Å². The van der Waals surface area contributed by atoms with E-state index in [9.17, 15) is 4.79 Å². The minimum Gasteiger partial charge on any atom is -0.461 e. The van der Waals surface area contributed by atoms with Gasteiger partial charge >= 0.3 is 5.97 Å². The Bertz CT molecular complexity index is 708. The number of ether oxygens (including phenoxy) is 2. The average Bonchev–Trinajstić information content (AvgIpc) is 2.83. The van der Waals surface area contributed by atoms with Crippen LogP contribution in [0.4, 0.5) is 0 Å². The zero-order chi connectivity index (χ0) is 16.9. The fourth-order valence-electron chi connectivity index (χ4n) is 2.98. The highest BCUT2D eigenvalue weighted by atomic mass is 35.5. The number of hydrogen-bond acceptors (Lipinski definition) is 5. The molecule has 0 spiro atoms. The Morgan fingerprint density at radius 3 is 2.75 bits per heavy atom. The molecule has 2 heterocycles. The molecule has 7 heteroatoms. The van der Waals surface area contributed by atoms with Crippen LogP contribution in [0.3, 0.4) is 0 Å². The van der Waals surface area contributed by atoms with Crippen LogP contribution < -0.4 is 0 Å². The van der Waals surface area contributed by atoms with Gasteiger partial charge in [0.1, 0.15) is 5.15 Å². The number of esters is 1. The SMILES string of the molecule is CCOC(=O)c1cc2nc(COC3CCCCCC3)cc(Cl)n2n1. The third-order valence-electron chi connectivity index (χ3n) is 4.19. The van der Waals surface area contributed by atoms with Gasteiger partial charge in [0.05, 0.1) is 25.0 Å². The summed E-state index contributed by atoms with van der Waals surface area (Å²) in [5.74, 6) is -0.477. The summed E-state index contributed by atoms with van der Waals surface area (Å²) < 4.78 is 12.4. The van der Waals surface area contributed by atoms with Crippen molar-refractivity contribution in [1.29, 1.82) is 0 Å². The zero-order valence-corrected chi connectivity index (χ0v) is 14.6. The highest BCUT2D eigenvalue weighted by Gasteiger charge is 2.16. The Hall–Kier alpha value is -1.66. The van der Waals surface area contributed by atoms with E-state index >= 15 is 0 Å². The van der Waals surface area contributed by atoms with Crippen molar-refractivity contribution in [1.82, 2.24) is 14.6 Å². The summed E-state index contributed by atoms with van der Waals surface area (Å²) in [6, 6.07) is 3.31. The molecule has 0 unspecified atom stereocenters. The van der Waals surface area contributed by atoms with Crippen LogP contribution in [0.5, 0.6) is 0 Å². The maximum Gasteiger partial charge on any atom is 0.358 e. The molecular formula is C17H22ClN3O3. The monoisotopic (exact) mass is 351 g/mol. The first-order valence-electron chi connectivity index (χ1n) is 8.51. The quantitative estimate of drug-likeness (QED) is 0.465. The summed E-state index contributed by atoms with van der Waals surface area (Å²) >= 11 is 6.26. The number of carbonyl (C=O) groups is 1. The van der Waals surface area contributed by atoms with Crippen LogP contribution in [-0.2, 0) is 16.1 Å². The third-order valence-corrected chi connectivity index (χ3v) is 4.46. The van der Waals surface area contributed by atoms with E-state index in [0.717, 1.165) is 18.5 Å². The first kappa shape index (κ1) is 17.2. The zero-order valence-electron chi connectivity index (χ0n) is 13.8. The Morgan fingerprint density at radius 2 is 2.04 bits per heavy atom. The highest BCUT2D eigenvalue weighted by molar-refractivity contribution is 6.29. The van der Waals surface area contributed by atoms with Crippen molar-refractivity contribution in [3.8, 4) is 0 Å². The molecule has 0 atom stereocenters. The van der Waals surface area contributed by atoms with Crippen LogP contribution in [0.2, 0.25) is 5.15 Å². The molecular weight excluding hydrogens is 330 g/mol. The summed E-state index contributed by atoms with van der Waals surface area (Å²) in [5, 5.41) is 4.54. The molecule has 1 saturated carbocycles.